The second-order valence-corrected chi connectivity index (χ2v) is 4.56. The molecule has 1 aromatic carbocycles. The maximum atomic E-state index is 12.7. The third-order valence-electron chi connectivity index (χ3n) is 3.72. The van der Waals surface area contributed by atoms with Gasteiger partial charge >= 0.3 is 6.18 Å². The lowest BCUT2D eigenvalue weighted by Gasteiger charge is -2.24. The molecule has 4 heteroatoms. The molecule has 1 nitrogen and oxygen atoms in total. The van der Waals surface area contributed by atoms with E-state index in [1.807, 2.05) is 20.8 Å². The Hall–Kier alpha value is -1.03. The lowest BCUT2D eigenvalue weighted by Crippen LogP contribution is -2.30. The summed E-state index contributed by atoms with van der Waals surface area (Å²) >= 11 is 0. The number of rotatable bonds is 1. The van der Waals surface area contributed by atoms with Gasteiger partial charge in [0.05, 0.1) is 0 Å². The second kappa shape index (κ2) is 4.33. The normalized spacial score (nSPS) is 13.9. The summed E-state index contributed by atoms with van der Waals surface area (Å²) in [6.45, 7) is 9.01. The van der Waals surface area contributed by atoms with Crippen LogP contribution in [0.3, 0.4) is 0 Å². The number of nitrogens with two attached hydrogens (primary N) is 1. The molecular weight excluding hydrogens is 227 g/mol. The first kappa shape index (κ1) is 14.0. The highest BCUT2D eigenvalue weighted by atomic mass is 19.4. The maximum absolute atomic E-state index is 12.7. The third kappa shape index (κ3) is 2.32. The number of hydrogen-bond donors (Lipinski definition) is 1. The first-order chi connectivity index (χ1) is 7.59. The van der Waals surface area contributed by atoms with Crippen LogP contribution < -0.4 is 5.73 Å². The molecule has 0 aromatic heterocycles. The average molecular weight is 245 g/mol. The Morgan fingerprint density at radius 2 is 1.06 bits per heavy atom. The molecule has 2 N–H and O–H groups in total. The fourth-order valence-corrected chi connectivity index (χ4v) is 2.16. The molecule has 0 spiro atoms. The summed E-state index contributed by atoms with van der Waals surface area (Å²) in [6, 6.07) is -1.90. The van der Waals surface area contributed by atoms with Gasteiger partial charge in [0, 0.05) is 0 Å². The first-order valence-corrected chi connectivity index (χ1v) is 5.48. The van der Waals surface area contributed by atoms with Crippen LogP contribution in [0.15, 0.2) is 0 Å². The lowest BCUT2D eigenvalue weighted by molar-refractivity contribution is -0.149. The van der Waals surface area contributed by atoms with Crippen molar-refractivity contribution in [1.29, 1.82) is 0 Å². The average Bonchev–Trinajstić information content (AvgIpc) is 2.22. The molecule has 0 aliphatic rings. The van der Waals surface area contributed by atoms with Crippen molar-refractivity contribution < 1.29 is 13.2 Å². The van der Waals surface area contributed by atoms with Gasteiger partial charge in [-0.1, -0.05) is 0 Å². The molecule has 0 aliphatic carbocycles. The van der Waals surface area contributed by atoms with E-state index in [2.05, 4.69) is 0 Å². The molecule has 1 aromatic rings. The second-order valence-electron chi connectivity index (χ2n) is 4.56. The fourth-order valence-electron chi connectivity index (χ4n) is 2.16. The van der Waals surface area contributed by atoms with Gasteiger partial charge in [-0.25, -0.2) is 0 Å². The lowest BCUT2D eigenvalue weighted by atomic mass is 9.86. The van der Waals surface area contributed by atoms with Crippen molar-refractivity contribution >= 4 is 0 Å². The minimum atomic E-state index is -4.40. The monoisotopic (exact) mass is 245 g/mol. The van der Waals surface area contributed by atoms with Crippen LogP contribution in [0.5, 0.6) is 0 Å². The Labute approximate surface area is 99.8 Å². The summed E-state index contributed by atoms with van der Waals surface area (Å²) in [5, 5.41) is 0. The van der Waals surface area contributed by atoms with Gasteiger partial charge in [0.2, 0.25) is 0 Å². The summed E-state index contributed by atoms with van der Waals surface area (Å²) in [6.07, 6.45) is -4.40. The molecular formula is C13H18F3N. The minimum Gasteiger partial charge on any atom is -0.316 e. The van der Waals surface area contributed by atoms with Gasteiger partial charge in [-0.2, -0.15) is 13.2 Å². The van der Waals surface area contributed by atoms with Crippen LogP contribution in [0.1, 0.15) is 39.4 Å². The molecule has 0 aliphatic heterocycles. The number of benzene rings is 1. The molecule has 0 bridgehead atoms. The maximum Gasteiger partial charge on any atom is 0.407 e. The first-order valence-electron chi connectivity index (χ1n) is 5.48. The molecule has 96 valence electrons. The highest BCUT2D eigenvalue weighted by Gasteiger charge is 2.40. The number of halogens is 3. The smallest absolute Gasteiger partial charge is 0.316 e. The summed E-state index contributed by atoms with van der Waals surface area (Å²) in [5.74, 6) is 0. The molecule has 0 fully saturated rings. The quantitative estimate of drug-likeness (QED) is 0.800. The van der Waals surface area contributed by atoms with Crippen LogP contribution in [0.2, 0.25) is 0 Å². The van der Waals surface area contributed by atoms with Crippen molar-refractivity contribution in [3.63, 3.8) is 0 Å². The zero-order valence-corrected chi connectivity index (χ0v) is 10.8. The van der Waals surface area contributed by atoms with E-state index in [9.17, 15) is 13.2 Å². The van der Waals surface area contributed by atoms with E-state index in [0.29, 0.717) is 11.1 Å². The SMILES string of the molecule is Cc1c(C)c(C)c(C(N)C(F)(F)F)c(C)c1C. The van der Waals surface area contributed by atoms with Crippen LogP contribution in [0, 0.1) is 34.6 Å². The van der Waals surface area contributed by atoms with Crippen molar-refractivity contribution in [3.05, 3.63) is 33.4 Å². The summed E-state index contributed by atoms with van der Waals surface area (Å²) in [4.78, 5) is 0. The van der Waals surface area contributed by atoms with E-state index in [4.69, 9.17) is 5.73 Å². The highest BCUT2D eigenvalue weighted by molar-refractivity contribution is 5.50. The van der Waals surface area contributed by atoms with Gasteiger partial charge < -0.3 is 5.73 Å². The zero-order chi connectivity index (χ0) is 13.5. The Balaban J connectivity index is 3.55. The number of alkyl halides is 3. The Morgan fingerprint density at radius 1 is 0.765 bits per heavy atom. The topological polar surface area (TPSA) is 26.0 Å². The summed E-state index contributed by atoms with van der Waals surface area (Å²) in [5.41, 5.74) is 9.68. The Bertz CT molecular complexity index is 418. The number of hydrogen-bond acceptors (Lipinski definition) is 1. The minimum absolute atomic E-state index is 0.220. The van der Waals surface area contributed by atoms with E-state index in [1.54, 1.807) is 13.8 Å². The Morgan fingerprint density at radius 3 is 1.35 bits per heavy atom. The van der Waals surface area contributed by atoms with E-state index in [1.165, 1.54) is 0 Å². The van der Waals surface area contributed by atoms with Crippen molar-refractivity contribution in [2.75, 3.05) is 0 Å². The van der Waals surface area contributed by atoms with Crippen LogP contribution in [-0.4, -0.2) is 6.18 Å². The van der Waals surface area contributed by atoms with Crippen molar-refractivity contribution in [3.8, 4) is 0 Å². The zero-order valence-electron chi connectivity index (χ0n) is 10.8. The van der Waals surface area contributed by atoms with E-state index in [-0.39, 0.29) is 5.56 Å². The summed E-state index contributed by atoms with van der Waals surface area (Å²) < 4.78 is 38.2. The molecule has 1 rings (SSSR count). The fraction of sp³-hybridized carbons (Fsp3) is 0.538. The van der Waals surface area contributed by atoms with Crippen molar-refractivity contribution in [2.45, 2.75) is 46.8 Å². The van der Waals surface area contributed by atoms with Gasteiger partial charge in [-0.15, -0.1) is 0 Å². The van der Waals surface area contributed by atoms with E-state index in [0.717, 1.165) is 16.7 Å². The van der Waals surface area contributed by atoms with Gasteiger partial charge in [0.15, 0.2) is 0 Å². The largest absolute Gasteiger partial charge is 0.407 e. The van der Waals surface area contributed by atoms with Crippen molar-refractivity contribution in [2.24, 2.45) is 5.73 Å². The van der Waals surface area contributed by atoms with Crippen LogP contribution in [0.4, 0.5) is 13.2 Å². The van der Waals surface area contributed by atoms with Gasteiger partial charge in [0.1, 0.15) is 6.04 Å². The third-order valence-corrected chi connectivity index (χ3v) is 3.72. The molecule has 17 heavy (non-hydrogen) atoms. The van der Waals surface area contributed by atoms with Crippen LogP contribution in [-0.2, 0) is 0 Å². The molecule has 0 radical (unpaired) electrons. The molecule has 0 saturated heterocycles. The van der Waals surface area contributed by atoms with Gasteiger partial charge in [-0.05, 0) is 68.0 Å². The highest BCUT2D eigenvalue weighted by Crippen LogP contribution is 2.37. The van der Waals surface area contributed by atoms with E-state index < -0.39 is 12.2 Å². The van der Waals surface area contributed by atoms with Gasteiger partial charge in [0.25, 0.3) is 0 Å². The molecule has 0 saturated carbocycles. The molecule has 1 unspecified atom stereocenters. The predicted molar refractivity (Wildman–Crippen MR) is 63.1 cm³/mol. The predicted octanol–water partition coefficient (Wildman–Crippen LogP) is 3.79. The van der Waals surface area contributed by atoms with Gasteiger partial charge in [-0.3, -0.25) is 0 Å². The van der Waals surface area contributed by atoms with Crippen LogP contribution >= 0.6 is 0 Å². The Kier molecular flexibility index (Phi) is 3.58. The van der Waals surface area contributed by atoms with Crippen molar-refractivity contribution in [1.82, 2.24) is 0 Å². The van der Waals surface area contributed by atoms with Crippen LogP contribution in [0.25, 0.3) is 0 Å². The molecule has 0 amide bonds. The van der Waals surface area contributed by atoms with E-state index >= 15 is 0 Å². The molecule has 0 heterocycles. The molecule has 1 atom stereocenters. The summed E-state index contributed by atoms with van der Waals surface area (Å²) in [7, 11) is 0. The standard InChI is InChI=1S/C13H18F3N/c1-6-7(2)9(4)11(10(5)8(6)3)12(17)13(14,15)16/h12H,17H2,1-5H3.